The number of aliphatic imine (C=N–C) groups is 1. The van der Waals surface area contributed by atoms with Crippen LogP contribution in [0.1, 0.15) is 24.8 Å². The first-order chi connectivity index (χ1) is 9.16. The van der Waals surface area contributed by atoms with Crippen LogP contribution in [0.3, 0.4) is 0 Å². The smallest absolute Gasteiger partial charge is 0.138 e. The van der Waals surface area contributed by atoms with Crippen molar-refractivity contribution in [3.8, 4) is 5.75 Å². The van der Waals surface area contributed by atoms with Crippen molar-refractivity contribution in [2.45, 2.75) is 19.3 Å². The van der Waals surface area contributed by atoms with Gasteiger partial charge in [0.2, 0.25) is 0 Å². The number of hydrogen-bond acceptors (Lipinski definition) is 3. The van der Waals surface area contributed by atoms with Crippen LogP contribution >= 0.6 is 27.5 Å². The molecular formula is C14H18BrClN2O. The summed E-state index contributed by atoms with van der Waals surface area (Å²) in [6.07, 6.45) is 5.64. The highest BCUT2D eigenvalue weighted by Crippen LogP contribution is 2.30. The second-order valence-corrected chi connectivity index (χ2v) is 6.05. The fourth-order valence-electron chi connectivity index (χ4n) is 2.23. The molecule has 1 N–H and O–H groups in total. The molecule has 0 spiro atoms. The quantitative estimate of drug-likeness (QED) is 0.844. The minimum atomic E-state index is 0.186. The lowest BCUT2D eigenvalue weighted by molar-refractivity contribution is 0.235. The molecule has 1 aliphatic rings. The lowest BCUT2D eigenvalue weighted by Crippen LogP contribution is -2.31. The van der Waals surface area contributed by atoms with Crippen molar-refractivity contribution in [2.24, 2.45) is 4.99 Å². The summed E-state index contributed by atoms with van der Waals surface area (Å²) in [5, 5.41) is 10.4. The van der Waals surface area contributed by atoms with Crippen molar-refractivity contribution >= 4 is 33.7 Å². The van der Waals surface area contributed by atoms with E-state index >= 15 is 0 Å². The Morgan fingerprint density at radius 1 is 1.32 bits per heavy atom. The van der Waals surface area contributed by atoms with Gasteiger partial charge in [0.05, 0.1) is 11.0 Å². The van der Waals surface area contributed by atoms with Gasteiger partial charge < -0.3 is 10.0 Å². The second kappa shape index (κ2) is 7.27. The predicted molar refractivity (Wildman–Crippen MR) is 83.6 cm³/mol. The van der Waals surface area contributed by atoms with Gasteiger partial charge in [0.1, 0.15) is 5.75 Å². The molecule has 104 valence electrons. The van der Waals surface area contributed by atoms with Crippen molar-refractivity contribution in [2.75, 3.05) is 26.2 Å². The number of hydrogen-bond donors (Lipinski definition) is 1. The summed E-state index contributed by atoms with van der Waals surface area (Å²) >= 11 is 9.21. The van der Waals surface area contributed by atoms with Gasteiger partial charge in [0.15, 0.2) is 0 Å². The Balaban J connectivity index is 1.88. The van der Waals surface area contributed by atoms with Crippen LogP contribution in [0.2, 0.25) is 5.02 Å². The highest BCUT2D eigenvalue weighted by molar-refractivity contribution is 9.10. The first kappa shape index (κ1) is 14.8. The standard InChI is InChI=1S/C14H18BrClN2O/c15-13-9-12(16)8-11(14(13)19)10-17-4-7-18-5-2-1-3-6-18/h8-10,19H,1-7H2. The number of piperidine rings is 1. The molecule has 0 unspecified atom stereocenters. The van der Waals surface area contributed by atoms with Crippen molar-refractivity contribution in [3.63, 3.8) is 0 Å². The Kier molecular flexibility index (Phi) is 5.67. The van der Waals surface area contributed by atoms with Crippen LogP contribution in [0.25, 0.3) is 0 Å². The summed E-state index contributed by atoms with van der Waals surface area (Å²) in [5.41, 5.74) is 0.651. The van der Waals surface area contributed by atoms with Crippen molar-refractivity contribution in [1.29, 1.82) is 0 Å². The van der Waals surface area contributed by atoms with Gasteiger partial charge in [0, 0.05) is 23.3 Å². The maximum absolute atomic E-state index is 9.86. The second-order valence-electron chi connectivity index (χ2n) is 4.76. The Hall–Kier alpha value is -0.580. The SMILES string of the molecule is Oc1c(Br)cc(Cl)cc1C=NCCN1CCCCC1. The molecule has 5 heteroatoms. The zero-order chi connectivity index (χ0) is 13.7. The van der Waals surface area contributed by atoms with Crippen LogP contribution in [-0.2, 0) is 0 Å². The molecule has 2 rings (SSSR count). The molecule has 1 fully saturated rings. The van der Waals surface area contributed by atoms with E-state index in [4.69, 9.17) is 11.6 Å². The molecular weight excluding hydrogens is 328 g/mol. The van der Waals surface area contributed by atoms with Crippen LogP contribution in [0.5, 0.6) is 5.75 Å². The van der Waals surface area contributed by atoms with E-state index in [-0.39, 0.29) is 5.75 Å². The maximum atomic E-state index is 9.86. The molecule has 0 bridgehead atoms. The summed E-state index contributed by atoms with van der Waals surface area (Å²) in [6.45, 7) is 4.11. The zero-order valence-corrected chi connectivity index (χ0v) is 13.1. The van der Waals surface area contributed by atoms with E-state index < -0.39 is 0 Å². The van der Waals surface area contributed by atoms with E-state index in [1.807, 2.05) is 0 Å². The van der Waals surface area contributed by atoms with Gasteiger partial charge in [-0.2, -0.15) is 0 Å². The van der Waals surface area contributed by atoms with Gasteiger partial charge in [-0.05, 0) is 54.0 Å². The first-order valence-corrected chi connectivity index (χ1v) is 7.74. The summed E-state index contributed by atoms with van der Waals surface area (Å²) in [5.74, 6) is 0.186. The third-order valence-corrected chi connectivity index (χ3v) is 4.10. The van der Waals surface area contributed by atoms with Crippen LogP contribution in [0.4, 0.5) is 0 Å². The molecule has 0 aliphatic carbocycles. The lowest BCUT2D eigenvalue weighted by Gasteiger charge is -2.25. The Morgan fingerprint density at radius 3 is 2.79 bits per heavy atom. The number of phenolic OH excluding ortho intramolecular Hbond substituents is 1. The monoisotopic (exact) mass is 344 g/mol. The number of halogens is 2. The molecule has 0 atom stereocenters. The van der Waals surface area contributed by atoms with E-state index in [1.54, 1.807) is 18.3 Å². The van der Waals surface area contributed by atoms with Gasteiger partial charge in [-0.1, -0.05) is 18.0 Å². The fourth-order valence-corrected chi connectivity index (χ4v) is 3.06. The molecule has 1 aromatic rings. The van der Waals surface area contributed by atoms with E-state index in [1.165, 1.54) is 32.4 Å². The Labute approximate surface area is 127 Å². The van der Waals surface area contributed by atoms with Gasteiger partial charge >= 0.3 is 0 Å². The van der Waals surface area contributed by atoms with Crippen LogP contribution in [0.15, 0.2) is 21.6 Å². The van der Waals surface area contributed by atoms with Crippen molar-refractivity contribution in [1.82, 2.24) is 4.90 Å². The molecule has 0 saturated carbocycles. The minimum absolute atomic E-state index is 0.186. The Bertz CT molecular complexity index is 459. The van der Waals surface area contributed by atoms with Crippen LogP contribution in [-0.4, -0.2) is 42.4 Å². The third-order valence-electron chi connectivity index (χ3n) is 3.28. The van der Waals surface area contributed by atoms with Crippen LogP contribution < -0.4 is 0 Å². The fraction of sp³-hybridized carbons (Fsp3) is 0.500. The first-order valence-electron chi connectivity index (χ1n) is 6.57. The van der Waals surface area contributed by atoms with Gasteiger partial charge in [-0.15, -0.1) is 0 Å². The molecule has 1 aromatic carbocycles. The Morgan fingerprint density at radius 2 is 2.05 bits per heavy atom. The average Bonchev–Trinajstić information content (AvgIpc) is 2.41. The number of phenols is 1. The van der Waals surface area contributed by atoms with Crippen molar-refractivity contribution < 1.29 is 5.11 Å². The number of benzene rings is 1. The van der Waals surface area contributed by atoms with Gasteiger partial charge in [-0.3, -0.25) is 4.99 Å². The van der Waals surface area contributed by atoms with E-state index in [9.17, 15) is 5.11 Å². The van der Waals surface area contributed by atoms with Crippen LogP contribution in [0, 0.1) is 0 Å². The molecule has 1 heterocycles. The summed E-state index contributed by atoms with van der Waals surface area (Å²) in [7, 11) is 0. The lowest BCUT2D eigenvalue weighted by atomic mass is 10.1. The summed E-state index contributed by atoms with van der Waals surface area (Å²) in [6, 6.07) is 3.38. The predicted octanol–water partition coefficient (Wildman–Crippen LogP) is 3.71. The normalized spacial score (nSPS) is 17.2. The largest absolute Gasteiger partial charge is 0.506 e. The van der Waals surface area contributed by atoms with Gasteiger partial charge in [-0.25, -0.2) is 0 Å². The molecule has 0 aromatic heterocycles. The molecule has 0 radical (unpaired) electrons. The zero-order valence-electron chi connectivity index (χ0n) is 10.8. The van der Waals surface area contributed by atoms with E-state index in [0.717, 1.165) is 13.1 Å². The highest BCUT2D eigenvalue weighted by atomic mass is 79.9. The molecule has 3 nitrogen and oxygen atoms in total. The van der Waals surface area contributed by atoms with Gasteiger partial charge in [0.25, 0.3) is 0 Å². The summed E-state index contributed by atoms with van der Waals surface area (Å²) < 4.78 is 0.595. The summed E-state index contributed by atoms with van der Waals surface area (Å²) in [4.78, 5) is 6.81. The molecule has 1 aliphatic heterocycles. The number of rotatable bonds is 4. The van der Waals surface area contributed by atoms with E-state index in [2.05, 4.69) is 25.8 Å². The number of likely N-dealkylation sites (tertiary alicyclic amines) is 1. The minimum Gasteiger partial charge on any atom is -0.506 e. The number of aromatic hydroxyl groups is 1. The molecule has 1 saturated heterocycles. The number of nitrogens with zero attached hydrogens (tertiary/aromatic N) is 2. The third kappa shape index (κ3) is 4.48. The average molecular weight is 346 g/mol. The topological polar surface area (TPSA) is 35.8 Å². The maximum Gasteiger partial charge on any atom is 0.138 e. The molecule has 0 amide bonds. The highest BCUT2D eigenvalue weighted by Gasteiger charge is 2.09. The van der Waals surface area contributed by atoms with E-state index in [0.29, 0.717) is 15.1 Å². The molecule has 19 heavy (non-hydrogen) atoms. The van der Waals surface area contributed by atoms with Crippen molar-refractivity contribution in [3.05, 3.63) is 27.2 Å².